The summed E-state index contributed by atoms with van der Waals surface area (Å²) in [5, 5.41) is 25.9. The van der Waals surface area contributed by atoms with E-state index in [9.17, 15) is 19.2 Å². The molecule has 14 heteroatoms. The molecule has 0 bridgehead atoms. The van der Waals surface area contributed by atoms with Crippen LogP contribution >= 0.6 is 0 Å². The molecule has 11 aromatic carbocycles. The molecule has 0 N–H and O–H groups in total. The molecule has 0 heterocycles. The van der Waals surface area contributed by atoms with Crippen molar-refractivity contribution in [2.24, 2.45) is 0 Å². The summed E-state index contributed by atoms with van der Waals surface area (Å²) in [6.45, 7) is 3.57. The molecule has 0 aromatic heterocycles. The van der Waals surface area contributed by atoms with E-state index in [2.05, 4.69) is 66.7 Å². The molecule has 0 atom stereocenters. The van der Waals surface area contributed by atoms with E-state index in [1.54, 1.807) is 115 Å². The van der Waals surface area contributed by atoms with Gasteiger partial charge in [0.15, 0.2) is 0 Å². The van der Waals surface area contributed by atoms with Gasteiger partial charge in [-0.15, -0.1) is 0 Å². The van der Waals surface area contributed by atoms with Gasteiger partial charge in [-0.3, -0.25) is 0 Å². The Morgan fingerprint density at radius 3 is 1.01 bits per heavy atom. The number of carbonyl (C=O) groups excluding carboxylic acids is 4. The fraction of sp³-hybridized carbons (Fsp3) is 0.326. The maximum absolute atomic E-state index is 13.6. The number of rotatable bonds is 46. The van der Waals surface area contributed by atoms with Crippen molar-refractivity contribution in [1.29, 1.82) is 10.5 Å². The normalized spacial score (nSPS) is 11.1. The largest absolute Gasteiger partial charge is 0.494 e. The average molecular weight is 1460 g/mol. The summed E-state index contributed by atoms with van der Waals surface area (Å²) < 4.78 is 47.1. The molecule has 0 aliphatic rings. The SMILES string of the molecule is N#Cc1ccc(-c2ccc(OC(=O)c3ccc(OCCCCCCCCCCOC(=O)c4cc(OCCCCCCCCCCOCc5ccc6ccc7cccc8ccc5c6c78)cc(C(=O)OCCCCCCCCCCOc5ccc(C(=O)Oc6ccc(-c7ccc(C#N)cc7)cc6)cc5)c4)cc3)cc2)cc1. The highest BCUT2D eigenvalue weighted by Crippen LogP contribution is 2.37. The molecular formula is C95H98N2O12. The first-order valence-corrected chi connectivity index (χ1v) is 39.1. The Labute approximate surface area is 641 Å². The van der Waals surface area contributed by atoms with Crippen LogP contribution in [0.25, 0.3) is 54.6 Å². The van der Waals surface area contributed by atoms with Crippen molar-refractivity contribution in [2.45, 2.75) is 161 Å². The minimum atomic E-state index is -0.490. The number of unbranched alkanes of at least 4 members (excludes halogenated alkanes) is 21. The number of esters is 4. The molecule has 0 saturated carbocycles. The number of hydrogen-bond donors (Lipinski definition) is 0. The summed E-state index contributed by atoms with van der Waals surface area (Å²) in [5.41, 5.74) is 7.68. The zero-order chi connectivity index (χ0) is 75.5. The number of ether oxygens (including phenoxy) is 8. The van der Waals surface area contributed by atoms with Gasteiger partial charge in [0.25, 0.3) is 0 Å². The van der Waals surface area contributed by atoms with Crippen molar-refractivity contribution < 1.29 is 57.1 Å². The Balaban J connectivity index is 0.536. The van der Waals surface area contributed by atoms with Crippen LogP contribution in [-0.2, 0) is 20.8 Å². The highest BCUT2D eigenvalue weighted by atomic mass is 16.5. The Kier molecular flexibility index (Phi) is 31.0. The maximum atomic E-state index is 13.6. The summed E-state index contributed by atoms with van der Waals surface area (Å²) in [6, 6.07) is 72.2. The smallest absolute Gasteiger partial charge is 0.343 e. The summed E-state index contributed by atoms with van der Waals surface area (Å²) in [6.07, 6.45) is 24.6. The zero-order valence-corrected chi connectivity index (χ0v) is 62.5. The van der Waals surface area contributed by atoms with Gasteiger partial charge in [-0.05, 0) is 214 Å². The van der Waals surface area contributed by atoms with E-state index in [1.807, 2.05) is 48.5 Å². The molecule has 0 aliphatic carbocycles. The summed E-state index contributed by atoms with van der Waals surface area (Å²) in [7, 11) is 0. The van der Waals surface area contributed by atoms with Crippen LogP contribution in [0.2, 0.25) is 0 Å². The first kappa shape index (κ1) is 78.7. The number of nitrogens with zero attached hydrogens (tertiary/aromatic N) is 2. The lowest BCUT2D eigenvalue weighted by atomic mass is 9.92. The van der Waals surface area contributed by atoms with Crippen LogP contribution in [0.5, 0.6) is 28.7 Å². The second-order valence-electron chi connectivity index (χ2n) is 27.9. The lowest BCUT2D eigenvalue weighted by molar-refractivity contribution is 0.0493. The van der Waals surface area contributed by atoms with E-state index < -0.39 is 23.9 Å². The predicted molar refractivity (Wildman–Crippen MR) is 430 cm³/mol. The van der Waals surface area contributed by atoms with Crippen LogP contribution in [0.1, 0.15) is 212 Å². The summed E-state index contributed by atoms with van der Waals surface area (Å²) in [4.78, 5) is 52.8. The van der Waals surface area contributed by atoms with E-state index in [0.717, 1.165) is 170 Å². The molecule has 0 saturated heterocycles. The second-order valence-corrected chi connectivity index (χ2v) is 27.9. The van der Waals surface area contributed by atoms with Crippen LogP contribution in [0, 0.1) is 22.7 Å². The first-order chi connectivity index (χ1) is 53.6. The van der Waals surface area contributed by atoms with Crippen molar-refractivity contribution >= 4 is 56.2 Å². The molecule has 0 spiro atoms. The van der Waals surface area contributed by atoms with Gasteiger partial charge < -0.3 is 37.9 Å². The molecule has 0 unspecified atom stereocenters. The topological polar surface area (TPSA) is 190 Å². The average Bonchev–Trinajstić information content (AvgIpc) is 0.741. The molecular weight excluding hydrogens is 1360 g/mol. The van der Waals surface area contributed by atoms with Gasteiger partial charge in [-0.25, -0.2) is 19.2 Å². The monoisotopic (exact) mass is 1460 g/mol. The van der Waals surface area contributed by atoms with E-state index in [-0.39, 0.29) is 24.3 Å². The lowest BCUT2D eigenvalue weighted by Crippen LogP contribution is -2.11. The lowest BCUT2D eigenvalue weighted by Gasteiger charge is -2.14. The number of nitriles is 2. The van der Waals surface area contributed by atoms with E-state index >= 15 is 0 Å². The summed E-state index contributed by atoms with van der Waals surface area (Å²) in [5.74, 6) is 0.851. The quantitative estimate of drug-likeness (QED) is 0.0152. The molecule has 11 aromatic rings. The fourth-order valence-corrected chi connectivity index (χ4v) is 13.6. The number of carbonyl (C=O) groups is 4. The van der Waals surface area contributed by atoms with Crippen molar-refractivity contribution in [3.05, 3.63) is 257 Å². The highest BCUT2D eigenvalue weighted by Gasteiger charge is 2.19. The van der Waals surface area contributed by atoms with E-state index in [1.165, 1.54) is 50.7 Å². The molecule has 0 amide bonds. The Bertz CT molecular complexity index is 4520. The van der Waals surface area contributed by atoms with Gasteiger partial charge in [0.1, 0.15) is 28.7 Å². The van der Waals surface area contributed by atoms with Crippen LogP contribution in [0.3, 0.4) is 0 Å². The third-order valence-corrected chi connectivity index (χ3v) is 19.8. The molecule has 14 nitrogen and oxygen atoms in total. The van der Waals surface area contributed by atoms with Gasteiger partial charge in [-0.1, -0.05) is 219 Å². The first-order valence-electron chi connectivity index (χ1n) is 39.1. The van der Waals surface area contributed by atoms with Crippen LogP contribution in [0.15, 0.2) is 218 Å². The van der Waals surface area contributed by atoms with E-state index in [0.29, 0.717) is 77.4 Å². The van der Waals surface area contributed by atoms with E-state index in [4.69, 9.17) is 48.4 Å². The summed E-state index contributed by atoms with van der Waals surface area (Å²) >= 11 is 0. The molecule has 0 fully saturated rings. The Hall–Kier alpha value is -11.3. The minimum Gasteiger partial charge on any atom is -0.494 e. The highest BCUT2D eigenvalue weighted by molar-refractivity contribution is 6.23. The molecule has 11 rings (SSSR count). The van der Waals surface area contributed by atoms with Gasteiger partial charge in [0.2, 0.25) is 0 Å². The number of hydrogen-bond acceptors (Lipinski definition) is 14. The van der Waals surface area contributed by atoms with Gasteiger partial charge in [-0.2, -0.15) is 10.5 Å². The van der Waals surface area contributed by atoms with Gasteiger partial charge in [0.05, 0.1) is 85.2 Å². The molecule has 0 radical (unpaired) electrons. The Morgan fingerprint density at radius 2 is 0.606 bits per heavy atom. The molecule has 560 valence electrons. The third-order valence-electron chi connectivity index (χ3n) is 19.8. The molecule has 109 heavy (non-hydrogen) atoms. The van der Waals surface area contributed by atoms with Crippen LogP contribution < -0.4 is 23.7 Å². The van der Waals surface area contributed by atoms with Gasteiger partial charge in [0, 0.05) is 6.61 Å². The van der Waals surface area contributed by atoms with Crippen molar-refractivity contribution in [2.75, 3.05) is 39.6 Å². The van der Waals surface area contributed by atoms with Crippen LogP contribution in [0.4, 0.5) is 0 Å². The third kappa shape index (κ3) is 24.6. The number of benzene rings is 11. The van der Waals surface area contributed by atoms with Crippen molar-refractivity contribution in [3.63, 3.8) is 0 Å². The zero-order valence-electron chi connectivity index (χ0n) is 62.5. The van der Waals surface area contributed by atoms with Crippen molar-refractivity contribution in [3.8, 4) is 63.1 Å². The molecule has 0 aliphatic heterocycles. The minimum absolute atomic E-state index is 0.269. The second kappa shape index (κ2) is 42.9. The predicted octanol–water partition coefficient (Wildman–Crippen LogP) is 23.5. The Morgan fingerprint density at radius 1 is 0.275 bits per heavy atom. The maximum Gasteiger partial charge on any atom is 0.343 e. The van der Waals surface area contributed by atoms with Crippen LogP contribution in [-0.4, -0.2) is 63.5 Å². The standard InChI is InChI=1S/C95H98N2O12/c96-67-70-28-32-72(33-29-70)74-40-53-86(54-41-74)108-94(100)79-44-49-84(50-45-79)103-59-20-14-8-3-5-11-17-23-62-106-92(98)82-64-83(66-88(65-82)105-61-22-16-10-2-1-7-13-19-58-102-69-81-39-38-78-37-36-76-26-25-27-77-48-57-89(81)91(78)90(76)77)93(99)107-63-24-18-12-6-4-9-15-21-60-104-85-51-46-80(47-52-85)95(101)109-87-55-42-75(43-56-87)73-34-30-71(68-97)31-35-73/h25-57,64-66H,1-24,58-63,69H2. The van der Waals surface area contributed by atoms with Crippen molar-refractivity contribution in [1.82, 2.24) is 0 Å². The van der Waals surface area contributed by atoms with Gasteiger partial charge >= 0.3 is 23.9 Å². The fourth-order valence-electron chi connectivity index (χ4n) is 13.6.